The molecule has 0 spiro atoms. The fourth-order valence-electron chi connectivity index (χ4n) is 2.81. The van der Waals surface area contributed by atoms with Crippen LogP contribution in [0.3, 0.4) is 0 Å². The minimum atomic E-state index is 0.551. The summed E-state index contributed by atoms with van der Waals surface area (Å²) in [6, 6.07) is 8.44. The summed E-state index contributed by atoms with van der Waals surface area (Å²) in [6.45, 7) is 0. The number of benzene rings is 1. The predicted molar refractivity (Wildman–Crippen MR) is 94.1 cm³/mol. The molecule has 0 unspecified atom stereocenters. The molecular formula is C16H17N5S2. The monoisotopic (exact) mass is 343 g/mol. The number of nitrogens with zero attached hydrogens (tertiary/aromatic N) is 4. The van der Waals surface area contributed by atoms with E-state index in [1.54, 1.807) is 17.5 Å². The molecule has 1 N–H and O–H groups in total. The molecule has 1 saturated carbocycles. The van der Waals surface area contributed by atoms with E-state index < -0.39 is 0 Å². The predicted octanol–water partition coefficient (Wildman–Crippen LogP) is 4.38. The lowest BCUT2D eigenvalue weighted by Gasteiger charge is -2.21. The van der Waals surface area contributed by atoms with E-state index in [0.717, 1.165) is 25.5 Å². The molecular weight excluding hydrogens is 326 g/mol. The highest BCUT2D eigenvalue weighted by atomic mass is 32.2. The zero-order valence-corrected chi connectivity index (χ0v) is 14.2. The summed E-state index contributed by atoms with van der Waals surface area (Å²) in [7, 11) is 0. The van der Waals surface area contributed by atoms with Crippen molar-refractivity contribution < 1.29 is 0 Å². The molecule has 23 heavy (non-hydrogen) atoms. The maximum atomic E-state index is 4.61. The van der Waals surface area contributed by atoms with Crippen molar-refractivity contribution in [1.82, 2.24) is 20.2 Å². The molecule has 7 heteroatoms. The van der Waals surface area contributed by atoms with Gasteiger partial charge in [-0.25, -0.2) is 4.98 Å². The smallest absolute Gasteiger partial charge is 0.206 e. The third-order valence-corrected chi connectivity index (χ3v) is 5.77. The van der Waals surface area contributed by atoms with Crippen molar-refractivity contribution in [2.24, 2.45) is 0 Å². The minimum Gasteiger partial charge on any atom is -0.357 e. The first-order valence-corrected chi connectivity index (χ1v) is 9.50. The molecule has 1 aliphatic rings. The van der Waals surface area contributed by atoms with Gasteiger partial charge in [-0.1, -0.05) is 42.7 Å². The third-order valence-electron chi connectivity index (χ3n) is 3.96. The van der Waals surface area contributed by atoms with E-state index in [9.17, 15) is 0 Å². The Hall–Kier alpha value is -1.73. The zero-order valence-electron chi connectivity index (χ0n) is 12.6. The van der Waals surface area contributed by atoms with Crippen LogP contribution in [0.5, 0.6) is 0 Å². The molecule has 118 valence electrons. The Balaban J connectivity index is 1.45. The Labute approximate surface area is 143 Å². The first-order valence-electron chi connectivity index (χ1n) is 7.86. The minimum absolute atomic E-state index is 0.551. The number of nitrogens with one attached hydrogen (secondary N) is 1. The summed E-state index contributed by atoms with van der Waals surface area (Å²) >= 11 is 3.11. The fourth-order valence-corrected chi connectivity index (χ4v) is 4.53. The van der Waals surface area contributed by atoms with Crippen LogP contribution in [0.2, 0.25) is 0 Å². The van der Waals surface area contributed by atoms with Crippen molar-refractivity contribution in [2.75, 3.05) is 5.32 Å². The Morgan fingerprint density at radius 3 is 2.74 bits per heavy atom. The van der Waals surface area contributed by atoms with Crippen molar-refractivity contribution >= 4 is 39.3 Å². The zero-order chi connectivity index (χ0) is 15.5. The van der Waals surface area contributed by atoms with Crippen LogP contribution in [-0.4, -0.2) is 26.2 Å². The van der Waals surface area contributed by atoms with Gasteiger partial charge in [-0.2, -0.15) is 0 Å². The molecule has 0 radical (unpaired) electrons. The number of anilines is 1. The molecule has 3 aromatic rings. The van der Waals surface area contributed by atoms with E-state index in [1.807, 2.05) is 24.3 Å². The molecule has 2 heterocycles. The molecule has 0 bridgehead atoms. The van der Waals surface area contributed by atoms with Crippen molar-refractivity contribution in [3.05, 3.63) is 30.5 Å². The number of hydrogen-bond acceptors (Lipinski definition) is 7. The van der Waals surface area contributed by atoms with Gasteiger partial charge in [0.2, 0.25) is 5.13 Å². The summed E-state index contributed by atoms with van der Waals surface area (Å²) in [5, 5.41) is 13.8. The van der Waals surface area contributed by atoms with Crippen LogP contribution >= 0.6 is 23.1 Å². The van der Waals surface area contributed by atoms with Gasteiger partial charge >= 0.3 is 0 Å². The molecule has 1 aromatic carbocycles. The SMILES string of the molecule is c1ccc2nc(Sc3nnc(NC4CCCCC4)s3)cnc2c1. The summed E-state index contributed by atoms with van der Waals surface area (Å²) in [4.78, 5) is 9.05. The average Bonchev–Trinajstić information content (AvgIpc) is 3.02. The standard InChI is InChI=1S/C16H17N5S2/c1-2-6-11(7-3-1)18-15-20-21-16(23-15)22-14-10-17-12-8-4-5-9-13(12)19-14/h4-5,8-11H,1-3,6-7H2,(H,18,20). The maximum Gasteiger partial charge on any atom is 0.206 e. The van der Waals surface area contributed by atoms with Crippen molar-refractivity contribution in [2.45, 2.75) is 47.5 Å². The lowest BCUT2D eigenvalue weighted by molar-refractivity contribution is 0.462. The van der Waals surface area contributed by atoms with Crippen molar-refractivity contribution in [3.8, 4) is 0 Å². The van der Waals surface area contributed by atoms with Crippen LogP contribution < -0.4 is 5.32 Å². The average molecular weight is 343 g/mol. The highest BCUT2D eigenvalue weighted by molar-refractivity contribution is 8.01. The summed E-state index contributed by atoms with van der Waals surface area (Å²) in [5.74, 6) is 0. The van der Waals surface area contributed by atoms with Gasteiger partial charge in [0, 0.05) is 6.04 Å². The van der Waals surface area contributed by atoms with E-state index in [2.05, 4.69) is 25.5 Å². The van der Waals surface area contributed by atoms with Crippen molar-refractivity contribution in [1.29, 1.82) is 0 Å². The number of hydrogen-bond donors (Lipinski definition) is 1. The van der Waals surface area contributed by atoms with E-state index in [0.29, 0.717) is 6.04 Å². The van der Waals surface area contributed by atoms with Gasteiger partial charge in [-0.15, -0.1) is 10.2 Å². The number of rotatable bonds is 4. The van der Waals surface area contributed by atoms with E-state index in [4.69, 9.17) is 0 Å². The Bertz CT molecular complexity index is 798. The molecule has 1 fully saturated rings. The third kappa shape index (κ3) is 3.61. The first kappa shape index (κ1) is 14.8. The molecule has 0 atom stereocenters. The van der Waals surface area contributed by atoms with Crippen LogP contribution in [-0.2, 0) is 0 Å². The van der Waals surface area contributed by atoms with Gasteiger partial charge in [0.1, 0.15) is 5.03 Å². The molecule has 4 rings (SSSR count). The topological polar surface area (TPSA) is 63.6 Å². The molecule has 0 aliphatic heterocycles. The van der Waals surface area contributed by atoms with Gasteiger partial charge in [0.05, 0.1) is 17.2 Å². The molecule has 5 nitrogen and oxygen atoms in total. The lowest BCUT2D eigenvalue weighted by atomic mass is 9.96. The Morgan fingerprint density at radius 1 is 1.04 bits per heavy atom. The molecule has 0 saturated heterocycles. The summed E-state index contributed by atoms with van der Waals surface area (Å²) in [6.07, 6.45) is 8.24. The normalized spacial score (nSPS) is 15.8. The number of fused-ring (bicyclic) bond motifs is 1. The quantitative estimate of drug-likeness (QED) is 0.758. The van der Waals surface area contributed by atoms with Crippen LogP contribution in [0.25, 0.3) is 11.0 Å². The Morgan fingerprint density at radius 2 is 1.87 bits per heavy atom. The van der Waals surface area contributed by atoms with Gasteiger partial charge in [-0.05, 0) is 36.7 Å². The highest BCUT2D eigenvalue weighted by Crippen LogP contribution is 2.32. The Kier molecular flexibility index (Phi) is 4.39. The largest absolute Gasteiger partial charge is 0.357 e. The second-order valence-electron chi connectivity index (χ2n) is 5.65. The van der Waals surface area contributed by atoms with E-state index in [1.165, 1.54) is 43.9 Å². The van der Waals surface area contributed by atoms with Gasteiger partial charge in [0.15, 0.2) is 4.34 Å². The molecule has 2 aromatic heterocycles. The van der Waals surface area contributed by atoms with Crippen molar-refractivity contribution in [3.63, 3.8) is 0 Å². The van der Waals surface area contributed by atoms with Gasteiger partial charge in [0.25, 0.3) is 0 Å². The van der Waals surface area contributed by atoms with Crippen LogP contribution in [0, 0.1) is 0 Å². The molecule has 1 aliphatic carbocycles. The van der Waals surface area contributed by atoms with Crippen LogP contribution in [0.15, 0.2) is 39.8 Å². The first-order chi connectivity index (χ1) is 11.4. The lowest BCUT2D eigenvalue weighted by Crippen LogP contribution is -2.21. The second-order valence-corrected chi connectivity index (χ2v) is 7.90. The maximum absolute atomic E-state index is 4.61. The second kappa shape index (κ2) is 6.80. The highest BCUT2D eigenvalue weighted by Gasteiger charge is 2.15. The number of para-hydroxylation sites is 2. The van der Waals surface area contributed by atoms with Crippen LogP contribution in [0.1, 0.15) is 32.1 Å². The van der Waals surface area contributed by atoms with E-state index >= 15 is 0 Å². The van der Waals surface area contributed by atoms with Crippen LogP contribution in [0.4, 0.5) is 5.13 Å². The number of aromatic nitrogens is 4. The van der Waals surface area contributed by atoms with Gasteiger partial charge in [-0.3, -0.25) is 4.98 Å². The molecule has 0 amide bonds. The fraction of sp³-hybridized carbons (Fsp3) is 0.375. The van der Waals surface area contributed by atoms with Gasteiger partial charge < -0.3 is 5.32 Å². The summed E-state index contributed by atoms with van der Waals surface area (Å²) < 4.78 is 0.896. The van der Waals surface area contributed by atoms with E-state index in [-0.39, 0.29) is 0 Å². The summed E-state index contributed by atoms with van der Waals surface area (Å²) in [5.41, 5.74) is 1.82.